The van der Waals surface area contributed by atoms with Crippen molar-refractivity contribution in [3.8, 4) is 45.0 Å². The van der Waals surface area contributed by atoms with Crippen LogP contribution in [-0.4, -0.2) is 113 Å². The van der Waals surface area contributed by atoms with Gasteiger partial charge in [-0.25, -0.2) is 19.9 Å². The number of aromatic nitrogens is 8. The zero-order chi connectivity index (χ0) is 78.5. The molecule has 4 radical (unpaired) electrons. The van der Waals surface area contributed by atoms with Crippen molar-refractivity contribution < 1.29 is 136 Å². The smallest absolute Gasteiger partial charge is 0.249 e. The van der Waals surface area contributed by atoms with E-state index in [1.165, 1.54) is 21.9 Å². The summed E-state index contributed by atoms with van der Waals surface area (Å²) in [6.07, 6.45) is 14.2. The Morgan fingerprint density at radius 3 is 1.00 bits per heavy atom. The van der Waals surface area contributed by atoms with Gasteiger partial charge in [-0.2, -0.15) is 0 Å². The molecule has 1 atom stereocenters. The van der Waals surface area contributed by atoms with E-state index in [0.29, 0.717) is 31.7 Å². The first kappa shape index (κ1) is 113. The van der Waals surface area contributed by atoms with Crippen LogP contribution in [-0.2, 0) is 137 Å². The van der Waals surface area contributed by atoms with Crippen molar-refractivity contribution in [2.24, 2.45) is 0 Å². The van der Waals surface area contributed by atoms with Crippen LogP contribution in [0.1, 0.15) is 153 Å². The van der Waals surface area contributed by atoms with E-state index in [9.17, 15) is 4.79 Å². The van der Waals surface area contributed by atoms with Crippen LogP contribution in [0.3, 0.4) is 0 Å². The van der Waals surface area contributed by atoms with Gasteiger partial charge in [0, 0.05) is 242 Å². The number of hydrogen-bond donors (Lipinski definition) is 0. The fourth-order valence-corrected chi connectivity index (χ4v) is 10.4. The Balaban J connectivity index is -0.000000413. The third-order valence-corrected chi connectivity index (χ3v) is 15.4. The van der Waals surface area contributed by atoms with Gasteiger partial charge in [-0.3, -0.25) is 24.7 Å². The molecule has 1 amide bonds. The number of carbonyl (C=O) groups is 1. The predicted octanol–water partition coefficient (Wildman–Crippen LogP) is 24.1. The van der Waals surface area contributed by atoms with Crippen LogP contribution in [0.4, 0.5) is 5.69 Å². The van der Waals surface area contributed by atoms with E-state index in [-0.39, 0.29) is 150 Å². The Labute approximate surface area is 768 Å². The standard InChI is InChI=1S/C20H21N3.C19H17N3O.C19H19N3.C18H17N3.8C2H6.CH4.4Y/c1-4-23(5-2)15(3)18-14-20(16-10-12-21-13-11-16)22-19-9-7-6-8-17(18)19;1-3-22(4-2)19(23)16-13-18(14-9-11-20-12-10-14)21-17-8-6-5-7-15(16)17;1-3-22(4-2)14-16-13-19(15-9-11-20-12-10-15)21-18-8-6-5-7-17(16)18;1-3-21(4-2)18-13-17(14-9-11-19-12-10-14)20-16-8-6-5-7-15(16)18;8*1-2;;;;;/h6-15H,1-2,4-5H2,3H3;5-13H,1-4H2;5-13H,1-4,14H2;5-13H,1-4H2;8*1-2H3;1H4;;;;/q4*-2;;;;;;;;;;;;;. The third kappa shape index (κ3) is 34.8. The molecule has 0 aliphatic rings. The zero-order valence-electron chi connectivity index (χ0n) is 69.0. The fraction of sp³-hybridized carbons (Fsp3) is 0.301. The molecule has 0 aliphatic heterocycles. The van der Waals surface area contributed by atoms with Gasteiger partial charge >= 0.3 is 0 Å². The number of amides is 1. The van der Waals surface area contributed by atoms with Gasteiger partial charge in [0.2, 0.25) is 5.91 Å². The first-order valence-corrected chi connectivity index (χ1v) is 37.7. The summed E-state index contributed by atoms with van der Waals surface area (Å²) in [5.41, 5.74) is 15.8. The summed E-state index contributed by atoms with van der Waals surface area (Å²) in [6, 6.07) is 56.5. The second kappa shape index (κ2) is 69.2. The molecule has 584 valence electrons. The number of pyridine rings is 8. The molecule has 13 nitrogen and oxygen atoms in total. The van der Waals surface area contributed by atoms with Gasteiger partial charge in [0.05, 0.1) is 50.4 Å². The fourth-order valence-electron chi connectivity index (χ4n) is 10.4. The second-order valence-electron chi connectivity index (χ2n) is 20.6. The van der Waals surface area contributed by atoms with Crippen molar-refractivity contribution in [1.29, 1.82) is 0 Å². The first-order valence-electron chi connectivity index (χ1n) is 37.7. The van der Waals surface area contributed by atoms with E-state index in [2.05, 4.69) is 163 Å². The van der Waals surface area contributed by atoms with Gasteiger partial charge in [-0.1, -0.05) is 191 Å². The summed E-state index contributed by atoms with van der Waals surface area (Å²) < 4.78 is 0. The molecule has 12 rings (SSSR count). The van der Waals surface area contributed by atoms with Gasteiger partial charge in [-0.15, -0.1) is 52.4 Å². The summed E-state index contributed by atoms with van der Waals surface area (Å²) in [5.74, 6) is -0.0797. The number of para-hydroxylation sites is 4. The van der Waals surface area contributed by atoms with E-state index in [4.69, 9.17) is 15.0 Å². The molecule has 1 unspecified atom stereocenters. The van der Waals surface area contributed by atoms with Crippen LogP contribution in [0.15, 0.2) is 219 Å². The minimum atomic E-state index is -0.0797. The Kier molecular flexibility index (Phi) is 71.3. The Bertz CT molecular complexity index is 4200. The van der Waals surface area contributed by atoms with Crippen LogP contribution in [0.5, 0.6) is 0 Å². The maximum Gasteiger partial charge on any atom is 0.249 e. The number of carbonyl (C=O) groups excluding carboxylic acids is 1. The first-order chi connectivity index (χ1) is 51.6. The zero-order valence-corrected chi connectivity index (χ0v) is 80.3. The summed E-state index contributed by atoms with van der Waals surface area (Å²) in [6.45, 7) is 71.7. The molecule has 12 aromatic rings. The van der Waals surface area contributed by atoms with Crippen molar-refractivity contribution in [2.45, 2.75) is 138 Å². The Morgan fingerprint density at radius 1 is 0.345 bits per heavy atom. The third-order valence-electron chi connectivity index (χ3n) is 15.4. The summed E-state index contributed by atoms with van der Waals surface area (Å²) in [4.78, 5) is 56.3. The molecular formula is C93H126N12OY4-8. The van der Waals surface area contributed by atoms with Crippen molar-refractivity contribution in [1.82, 2.24) is 54.6 Å². The quantitative estimate of drug-likeness (QED) is 0.0757. The van der Waals surface area contributed by atoms with Crippen molar-refractivity contribution in [3.05, 3.63) is 292 Å². The molecule has 4 aromatic carbocycles. The monoisotopic (exact) mass is 1780 g/mol. The van der Waals surface area contributed by atoms with Crippen LogP contribution in [0.25, 0.3) is 88.6 Å². The Hall–Kier alpha value is -5.27. The van der Waals surface area contributed by atoms with Gasteiger partial charge in [0.15, 0.2) is 0 Å². The molecule has 0 N–H and O–H groups in total. The SMILES string of the molecule is C.CC.CC.CC.CC.CC.CC.CC.CC.[CH2-]CN(C[CH2-])C(=O)c1cc(-c2ccncc2)nc2ccccc12.[CH2-]CN(C[CH2-])C(C)c1cc(-c2ccncc2)nc2ccccc12.[CH2-]CN(C[CH2-])Cc1cc(-c2ccncc2)nc2ccccc12.[CH2-]CN(C[CH2-])c1cc(-c2ccncc2)nc2ccccc12.[Y].[Y].[Y].[Y]. The van der Waals surface area contributed by atoms with Gasteiger partial charge < -0.3 is 75.0 Å². The summed E-state index contributed by atoms with van der Waals surface area (Å²) in [7, 11) is 0. The molecule has 0 saturated heterocycles. The molecule has 0 spiro atoms. The number of fused-ring (bicyclic) bond motifs is 4. The molecule has 110 heavy (non-hydrogen) atoms. The van der Waals surface area contributed by atoms with Crippen molar-refractivity contribution in [2.75, 3.05) is 57.3 Å². The molecular weight excluding hydrogens is 1660 g/mol. The van der Waals surface area contributed by atoms with E-state index < -0.39 is 0 Å². The molecule has 8 aromatic heterocycles. The maximum atomic E-state index is 12.8. The van der Waals surface area contributed by atoms with Gasteiger partial charge in [0.25, 0.3) is 0 Å². The maximum absolute atomic E-state index is 12.8. The van der Waals surface area contributed by atoms with E-state index in [0.717, 1.165) is 116 Å². The average molecular weight is 1780 g/mol. The van der Waals surface area contributed by atoms with Gasteiger partial charge in [-0.05, 0) is 115 Å². The molecule has 0 saturated carbocycles. The van der Waals surface area contributed by atoms with E-state index >= 15 is 0 Å². The van der Waals surface area contributed by atoms with Crippen molar-refractivity contribution in [3.63, 3.8) is 0 Å². The minimum Gasteiger partial charge on any atom is -0.431 e. The molecule has 8 heterocycles. The number of rotatable bonds is 18. The van der Waals surface area contributed by atoms with Crippen LogP contribution < -0.4 is 4.90 Å². The van der Waals surface area contributed by atoms with E-state index in [1.807, 2.05) is 220 Å². The number of anilines is 1. The molecule has 0 aliphatic carbocycles. The normalized spacial score (nSPS) is 9.63. The second-order valence-corrected chi connectivity index (χ2v) is 20.6. The van der Waals surface area contributed by atoms with E-state index in [1.54, 1.807) is 54.5 Å². The number of nitrogens with zero attached hydrogens (tertiary/aromatic N) is 12. The average Bonchev–Trinajstić information content (AvgIpc) is 0.817. The topological polar surface area (TPSA) is 133 Å². The largest absolute Gasteiger partial charge is 0.431 e. The summed E-state index contributed by atoms with van der Waals surface area (Å²) in [5, 5.41) is 4.33. The van der Waals surface area contributed by atoms with Crippen molar-refractivity contribution >= 4 is 55.2 Å². The number of benzene rings is 4. The molecule has 0 bridgehead atoms. The summed E-state index contributed by atoms with van der Waals surface area (Å²) >= 11 is 0. The molecule has 17 heteroatoms. The number of hydrogen-bond acceptors (Lipinski definition) is 12. The van der Waals surface area contributed by atoms with Crippen LogP contribution >= 0.6 is 0 Å². The van der Waals surface area contributed by atoms with Crippen LogP contribution in [0.2, 0.25) is 0 Å². The Morgan fingerprint density at radius 2 is 0.645 bits per heavy atom. The predicted molar refractivity (Wildman–Crippen MR) is 464 cm³/mol. The molecule has 0 fully saturated rings. The van der Waals surface area contributed by atoms with Crippen LogP contribution in [0, 0.1) is 55.4 Å². The van der Waals surface area contributed by atoms with Gasteiger partial charge in [0.1, 0.15) is 0 Å². The minimum absolute atomic E-state index is 0.